The molecule has 0 saturated carbocycles. The summed E-state index contributed by atoms with van der Waals surface area (Å²) in [5, 5.41) is 3.20. The fraction of sp³-hybridized carbons (Fsp3) is 0.875. The number of Topliss-reactive ketones (excluding diaryl/α,β-unsaturated/α-hetero) is 1. The topological polar surface area (TPSA) is 29.1 Å². The van der Waals surface area contributed by atoms with Crippen molar-refractivity contribution in [1.82, 2.24) is 5.32 Å². The Morgan fingerprint density at radius 3 is 2.60 bits per heavy atom. The van der Waals surface area contributed by atoms with Crippen molar-refractivity contribution >= 4 is 5.78 Å². The zero-order valence-corrected chi connectivity index (χ0v) is 7.11. The average Bonchev–Trinajstić information content (AvgIpc) is 1.82. The van der Waals surface area contributed by atoms with E-state index >= 15 is 0 Å². The molecule has 0 aromatic carbocycles. The van der Waals surface area contributed by atoms with E-state index in [1.807, 2.05) is 0 Å². The Morgan fingerprint density at radius 2 is 2.20 bits per heavy atom. The van der Waals surface area contributed by atoms with Crippen molar-refractivity contribution in [3.05, 3.63) is 0 Å². The van der Waals surface area contributed by atoms with Crippen LogP contribution in [0.3, 0.4) is 0 Å². The number of carbonyl (C=O) groups excluding carboxylic acids is 1. The third-order valence-electron chi connectivity index (χ3n) is 1.38. The molecule has 0 spiro atoms. The van der Waals surface area contributed by atoms with Crippen LogP contribution in [0.25, 0.3) is 0 Å². The Balaban J connectivity index is 3.25. The van der Waals surface area contributed by atoms with Crippen LogP contribution in [0.5, 0.6) is 0 Å². The maximum Gasteiger partial charge on any atom is 0.130 e. The third-order valence-corrected chi connectivity index (χ3v) is 1.38. The van der Waals surface area contributed by atoms with E-state index < -0.39 is 0 Å². The lowest BCUT2D eigenvalue weighted by Gasteiger charge is -2.08. The first kappa shape index (κ1) is 9.63. The molecule has 0 fully saturated rings. The summed E-state index contributed by atoms with van der Waals surface area (Å²) in [6, 6.07) is 0. The van der Waals surface area contributed by atoms with E-state index in [1.54, 1.807) is 6.92 Å². The van der Waals surface area contributed by atoms with Crippen LogP contribution >= 0.6 is 0 Å². The lowest BCUT2D eigenvalue weighted by atomic mass is 10.1. The van der Waals surface area contributed by atoms with Crippen molar-refractivity contribution in [1.29, 1.82) is 0 Å². The van der Waals surface area contributed by atoms with Gasteiger partial charge in [-0.15, -0.1) is 0 Å². The predicted molar refractivity (Wildman–Crippen MR) is 43.0 cm³/mol. The normalized spacial score (nSPS) is 13.1. The minimum atomic E-state index is 0.283. The number of carbonyl (C=O) groups is 1. The third kappa shape index (κ3) is 5.76. The standard InChI is InChI=1S/C8H17NO/c1-4-9-6-7(2)5-8(3)10/h7,9H,4-6H2,1-3H3. The predicted octanol–water partition coefficient (Wildman–Crippen LogP) is 1.21. The first-order valence-electron chi connectivity index (χ1n) is 3.87. The molecule has 2 heteroatoms. The molecule has 0 aliphatic rings. The maximum atomic E-state index is 10.6. The largest absolute Gasteiger partial charge is 0.317 e. The van der Waals surface area contributed by atoms with Crippen LogP contribution in [-0.2, 0) is 4.79 Å². The van der Waals surface area contributed by atoms with Crippen LogP contribution in [-0.4, -0.2) is 18.9 Å². The van der Waals surface area contributed by atoms with Gasteiger partial charge in [0, 0.05) is 6.42 Å². The lowest BCUT2D eigenvalue weighted by molar-refractivity contribution is -0.117. The van der Waals surface area contributed by atoms with Crippen LogP contribution in [0.2, 0.25) is 0 Å². The van der Waals surface area contributed by atoms with Gasteiger partial charge in [0.15, 0.2) is 0 Å². The van der Waals surface area contributed by atoms with Crippen LogP contribution < -0.4 is 5.32 Å². The van der Waals surface area contributed by atoms with Crippen molar-refractivity contribution in [2.24, 2.45) is 5.92 Å². The number of ketones is 1. The van der Waals surface area contributed by atoms with Crippen molar-refractivity contribution in [3.8, 4) is 0 Å². The van der Waals surface area contributed by atoms with Crippen molar-refractivity contribution in [3.63, 3.8) is 0 Å². The van der Waals surface area contributed by atoms with Crippen LogP contribution in [0.4, 0.5) is 0 Å². The molecule has 60 valence electrons. The minimum absolute atomic E-state index is 0.283. The summed E-state index contributed by atoms with van der Waals surface area (Å²) < 4.78 is 0. The number of nitrogens with one attached hydrogen (secondary N) is 1. The van der Waals surface area contributed by atoms with Gasteiger partial charge in [0.1, 0.15) is 5.78 Å². The van der Waals surface area contributed by atoms with Gasteiger partial charge in [-0.3, -0.25) is 0 Å². The second kappa shape index (κ2) is 5.42. The SMILES string of the molecule is CCNCC(C)CC(C)=O. The number of rotatable bonds is 5. The molecule has 0 heterocycles. The molecule has 0 rings (SSSR count). The molecule has 2 nitrogen and oxygen atoms in total. The Hall–Kier alpha value is -0.370. The van der Waals surface area contributed by atoms with Crippen molar-refractivity contribution in [2.45, 2.75) is 27.2 Å². The highest BCUT2D eigenvalue weighted by molar-refractivity contribution is 5.75. The first-order chi connectivity index (χ1) is 4.66. The molecule has 1 atom stereocenters. The van der Waals surface area contributed by atoms with Crippen LogP contribution in [0.1, 0.15) is 27.2 Å². The molecule has 0 bridgehead atoms. The van der Waals surface area contributed by atoms with E-state index in [4.69, 9.17) is 0 Å². The zero-order valence-electron chi connectivity index (χ0n) is 7.11. The summed E-state index contributed by atoms with van der Waals surface area (Å²) in [7, 11) is 0. The number of hydrogen-bond acceptors (Lipinski definition) is 2. The van der Waals surface area contributed by atoms with Crippen molar-refractivity contribution < 1.29 is 4.79 Å². The molecule has 0 aliphatic carbocycles. The second-order valence-electron chi connectivity index (χ2n) is 2.82. The van der Waals surface area contributed by atoms with Crippen LogP contribution in [0, 0.1) is 5.92 Å². The summed E-state index contributed by atoms with van der Waals surface area (Å²) in [5.74, 6) is 0.767. The van der Waals surface area contributed by atoms with E-state index in [0.29, 0.717) is 12.3 Å². The molecule has 0 aliphatic heterocycles. The van der Waals surface area contributed by atoms with E-state index in [0.717, 1.165) is 13.1 Å². The molecule has 0 aromatic heterocycles. The van der Waals surface area contributed by atoms with Gasteiger partial charge in [0.25, 0.3) is 0 Å². The van der Waals surface area contributed by atoms with Gasteiger partial charge < -0.3 is 10.1 Å². The molecular formula is C8H17NO. The van der Waals surface area contributed by atoms with Gasteiger partial charge >= 0.3 is 0 Å². The molecule has 0 saturated heterocycles. The van der Waals surface area contributed by atoms with Gasteiger partial charge in [-0.05, 0) is 25.9 Å². The van der Waals surface area contributed by atoms with Gasteiger partial charge in [0.05, 0.1) is 0 Å². The molecule has 10 heavy (non-hydrogen) atoms. The summed E-state index contributed by atoms with van der Waals surface area (Å²) in [5.41, 5.74) is 0. The molecule has 0 aromatic rings. The smallest absolute Gasteiger partial charge is 0.130 e. The zero-order chi connectivity index (χ0) is 7.98. The summed E-state index contributed by atoms with van der Waals surface area (Å²) in [6.45, 7) is 7.74. The van der Waals surface area contributed by atoms with Crippen LogP contribution in [0.15, 0.2) is 0 Å². The van der Waals surface area contributed by atoms with Gasteiger partial charge in [-0.25, -0.2) is 0 Å². The Morgan fingerprint density at radius 1 is 1.60 bits per heavy atom. The van der Waals surface area contributed by atoms with Gasteiger partial charge in [-0.2, -0.15) is 0 Å². The quantitative estimate of drug-likeness (QED) is 0.626. The molecular weight excluding hydrogens is 126 g/mol. The fourth-order valence-corrected chi connectivity index (χ4v) is 0.954. The van der Waals surface area contributed by atoms with Crippen molar-refractivity contribution in [2.75, 3.05) is 13.1 Å². The highest BCUT2D eigenvalue weighted by atomic mass is 16.1. The molecule has 1 N–H and O–H groups in total. The Kier molecular flexibility index (Phi) is 5.22. The summed E-state index contributed by atoms with van der Waals surface area (Å²) in [6.07, 6.45) is 0.701. The summed E-state index contributed by atoms with van der Waals surface area (Å²) >= 11 is 0. The van der Waals surface area contributed by atoms with E-state index in [1.165, 1.54) is 0 Å². The average molecular weight is 143 g/mol. The van der Waals surface area contributed by atoms with E-state index in [9.17, 15) is 4.79 Å². The first-order valence-corrected chi connectivity index (χ1v) is 3.87. The Labute approximate surface area is 63.0 Å². The highest BCUT2D eigenvalue weighted by Gasteiger charge is 2.02. The monoisotopic (exact) mass is 143 g/mol. The number of hydrogen-bond donors (Lipinski definition) is 1. The fourth-order valence-electron chi connectivity index (χ4n) is 0.954. The maximum absolute atomic E-state index is 10.6. The highest BCUT2D eigenvalue weighted by Crippen LogP contribution is 1.99. The molecule has 1 unspecified atom stereocenters. The minimum Gasteiger partial charge on any atom is -0.317 e. The van der Waals surface area contributed by atoms with Gasteiger partial charge in [0.2, 0.25) is 0 Å². The van der Waals surface area contributed by atoms with E-state index in [-0.39, 0.29) is 5.78 Å². The molecule has 0 radical (unpaired) electrons. The summed E-state index contributed by atoms with van der Waals surface area (Å²) in [4.78, 5) is 10.6. The second-order valence-corrected chi connectivity index (χ2v) is 2.82. The van der Waals surface area contributed by atoms with Gasteiger partial charge in [-0.1, -0.05) is 13.8 Å². The Bertz CT molecular complexity index is 101. The lowest BCUT2D eigenvalue weighted by Crippen LogP contribution is -2.21. The molecule has 0 amide bonds. The van der Waals surface area contributed by atoms with E-state index in [2.05, 4.69) is 19.2 Å².